The molecule has 0 aliphatic carbocycles. The molecule has 1 atom stereocenters. The molecule has 9 heteroatoms. The number of sulfone groups is 1. The second-order valence-corrected chi connectivity index (χ2v) is 8.56. The van der Waals surface area contributed by atoms with Crippen LogP contribution < -0.4 is 15.4 Å². The number of furan rings is 1. The van der Waals surface area contributed by atoms with Gasteiger partial charge in [-0.25, -0.2) is 8.42 Å². The quantitative estimate of drug-likeness (QED) is 0.703. The lowest BCUT2D eigenvalue weighted by Crippen LogP contribution is -2.41. The highest BCUT2D eigenvalue weighted by Gasteiger charge is 2.30. The van der Waals surface area contributed by atoms with E-state index < -0.39 is 27.7 Å². The summed E-state index contributed by atoms with van der Waals surface area (Å²) in [6.07, 6.45) is 3.17. The predicted octanol–water partition coefficient (Wildman–Crippen LogP) is 1.36. The summed E-state index contributed by atoms with van der Waals surface area (Å²) in [5, 5.41) is 5.22. The largest absolute Gasteiger partial charge is 0.497 e. The lowest BCUT2D eigenvalue weighted by Gasteiger charge is -2.14. The van der Waals surface area contributed by atoms with Crippen molar-refractivity contribution in [2.45, 2.75) is 12.5 Å². The van der Waals surface area contributed by atoms with Crippen LogP contribution in [-0.4, -0.2) is 44.9 Å². The minimum Gasteiger partial charge on any atom is -0.497 e. The minimum absolute atomic E-state index is 0.0351. The molecule has 1 aromatic heterocycles. The van der Waals surface area contributed by atoms with Crippen molar-refractivity contribution in [3.05, 3.63) is 59.7 Å². The van der Waals surface area contributed by atoms with E-state index in [2.05, 4.69) is 10.6 Å². The zero-order valence-electron chi connectivity index (χ0n) is 15.2. The molecule has 2 heterocycles. The maximum Gasteiger partial charge on any atom is 0.268 e. The highest BCUT2D eigenvalue weighted by molar-refractivity contribution is 7.91. The number of carbonyl (C=O) groups is 2. The fourth-order valence-electron chi connectivity index (χ4n) is 2.78. The molecule has 0 saturated carbocycles. The first kappa shape index (κ1) is 19.7. The Morgan fingerprint density at radius 1 is 1.21 bits per heavy atom. The van der Waals surface area contributed by atoms with E-state index in [0.29, 0.717) is 23.5 Å². The number of hydrogen-bond donors (Lipinski definition) is 2. The van der Waals surface area contributed by atoms with Gasteiger partial charge in [-0.3, -0.25) is 9.59 Å². The second kappa shape index (κ2) is 8.30. The summed E-state index contributed by atoms with van der Waals surface area (Å²) in [5.41, 5.74) is 0.294. The van der Waals surface area contributed by atoms with Crippen LogP contribution in [0.5, 0.6) is 5.75 Å². The Kier molecular flexibility index (Phi) is 5.84. The molecule has 1 aromatic carbocycles. The SMILES string of the molecule is COc1ccc(C(=O)N/C(=C\c2ccco2)C(=O)N[C@H]2CCS(=O)(=O)C2)cc1. The molecule has 0 spiro atoms. The van der Waals surface area contributed by atoms with Crippen molar-refractivity contribution < 1.29 is 27.2 Å². The Morgan fingerprint density at radius 2 is 1.96 bits per heavy atom. The molecule has 0 unspecified atom stereocenters. The van der Waals surface area contributed by atoms with Gasteiger partial charge in [-0.05, 0) is 42.8 Å². The normalized spacial score (nSPS) is 18.5. The summed E-state index contributed by atoms with van der Waals surface area (Å²) in [6, 6.07) is 9.20. The van der Waals surface area contributed by atoms with Crippen LogP contribution in [0, 0.1) is 0 Å². The van der Waals surface area contributed by atoms with Gasteiger partial charge in [0.15, 0.2) is 9.84 Å². The third kappa shape index (κ3) is 5.01. The lowest BCUT2D eigenvalue weighted by atomic mass is 10.2. The van der Waals surface area contributed by atoms with Crippen molar-refractivity contribution in [3.63, 3.8) is 0 Å². The number of methoxy groups -OCH3 is 1. The molecule has 28 heavy (non-hydrogen) atoms. The Bertz CT molecular complexity index is 978. The average molecular weight is 404 g/mol. The summed E-state index contributed by atoms with van der Waals surface area (Å²) in [7, 11) is -1.62. The van der Waals surface area contributed by atoms with E-state index in [1.165, 1.54) is 19.4 Å². The van der Waals surface area contributed by atoms with Crippen molar-refractivity contribution in [2.24, 2.45) is 0 Å². The molecular weight excluding hydrogens is 384 g/mol. The van der Waals surface area contributed by atoms with E-state index in [1.54, 1.807) is 36.4 Å². The molecule has 3 rings (SSSR count). The Balaban J connectivity index is 1.77. The fraction of sp³-hybridized carbons (Fsp3) is 0.263. The number of rotatable bonds is 6. The average Bonchev–Trinajstić information content (AvgIpc) is 3.30. The van der Waals surface area contributed by atoms with Crippen molar-refractivity contribution in [3.8, 4) is 5.75 Å². The molecule has 8 nitrogen and oxygen atoms in total. The summed E-state index contributed by atoms with van der Waals surface area (Å²) >= 11 is 0. The van der Waals surface area contributed by atoms with Crippen LogP contribution >= 0.6 is 0 Å². The molecule has 2 N–H and O–H groups in total. The van der Waals surface area contributed by atoms with Crippen molar-refractivity contribution in [2.75, 3.05) is 18.6 Å². The van der Waals surface area contributed by atoms with Gasteiger partial charge in [0.2, 0.25) is 0 Å². The van der Waals surface area contributed by atoms with Crippen LogP contribution in [0.2, 0.25) is 0 Å². The first-order valence-corrected chi connectivity index (χ1v) is 10.4. The van der Waals surface area contributed by atoms with Crippen LogP contribution in [0.1, 0.15) is 22.5 Å². The first-order chi connectivity index (χ1) is 13.4. The zero-order chi connectivity index (χ0) is 20.1. The zero-order valence-corrected chi connectivity index (χ0v) is 16.0. The van der Waals surface area contributed by atoms with Gasteiger partial charge in [-0.15, -0.1) is 0 Å². The first-order valence-electron chi connectivity index (χ1n) is 8.58. The molecule has 2 aromatic rings. The molecule has 2 amide bonds. The molecule has 1 fully saturated rings. The molecular formula is C19H20N2O6S. The molecule has 0 bridgehead atoms. The van der Waals surface area contributed by atoms with Gasteiger partial charge in [0.1, 0.15) is 17.2 Å². The van der Waals surface area contributed by atoms with Crippen molar-refractivity contribution in [1.82, 2.24) is 10.6 Å². The van der Waals surface area contributed by atoms with Crippen molar-refractivity contribution in [1.29, 1.82) is 0 Å². The fourth-order valence-corrected chi connectivity index (χ4v) is 4.46. The monoisotopic (exact) mass is 404 g/mol. The second-order valence-electron chi connectivity index (χ2n) is 6.33. The summed E-state index contributed by atoms with van der Waals surface area (Å²) in [5.74, 6) is -0.177. The molecule has 0 radical (unpaired) electrons. The predicted molar refractivity (Wildman–Crippen MR) is 102 cm³/mol. The van der Waals surface area contributed by atoms with E-state index in [-0.39, 0.29) is 17.2 Å². The molecule has 1 aliphatic rings. The van der Waals surface area contributed by atoms with Gasteiger partial charge in [0.25, 0.3) is 11.8 Å². The van der Waals surface area contributed by atoms with Crippen LogP contribution in [0.3, 0.4) is 0 Å². The smallest absolute Gasteiger partial charge is 0.268 e. The molecule has 1 aliphatic heterocycles. The number of nitrogens with one attached hydrogen (secondary N) is 2. The van der Waals surface area contributed by atoms with Gasteiger partial charge in [0, 0.05) is 17.7 Å². The Labute approximate surface area is 162 Å². The van der Waals surface area contributed by atoms with Gasteiger partial charge in [0.05, 0.1) is 24.9 Å². The molecule has 1 saturated heterocycles. The maximum absolute atomic E-state index is 12.7. The van der Waals surface area contributed by atoms with Crippen molar-refractivity contribution >= 4 is 27.7 Å². The van der Waals surface area contributed by atoms with E-state index in [9.17, 15) is 18.0 Å². The third-order valence-corrected chi connectivity index (χ3v) is 6.01. The van der Waals surface area contributed by atoms with Gasteiger partial charge in [-0.1, -0.05) is 0 Å². The number of hydrogen-bond acceptors (Lipinski definition) is 6. The number of ether oxygens (including phenoxy) is 1. The highest BCUT2D eigenvalue weighted by Crippen LogP contribution is 2.14. The number of benzene rings is 1. The summed E-state index contributed by atoms with van der Waals surface area (Å²) < 4.78 is 33.5. The van der Waals surface area contributed by atoms with E-state index in [0.717, 1.165) is 0 Å². The summed E-state index contributed by atoms with van der Waals surface area (Å²) in [6.45, 7) is 0. The number of amides is 2. The maximum atomic E-state index is 12.7. The van der Waals surface area contributed by atoms with Crippen LogP contribution in [0.15, 0.2) is 52.8 Å². The van der Waals surface area contributed by atoms with E-state index >= 15 is 0 Å². The standard InChI is InChI=1S/C19H20N2O6S/c1-26-15-6-4-13(5-7-15)18(22)21-17(11-16-3-2-9-27-16)19(23)20-14-8-10-28(24,25)12-14/h2-7,9,11,14H,8,10,12H2,1H3,(H,20,23)(H,21,22)/b17-11-/t14-/m0/s1. The van der Waals surface area contributed by atoms with Gasteiger partial charge < -0.3 is 19.8 Å². The number of carbonyl (C=O) groups excluding carboxylic acids is 2. The van der Waals surface area contributed by atoms with Gasteiger partial charge >= 0.3 is 0 Å². The lowest BCUT2D eigenvalue weighted by molar-refractivity contribution is -0.118. The van der Waals surface area contributed by atoms with E-state index in [4.69, 9.17) is 9.15 Å². The Morgan fingerprint density at radius 3 is 2.54 bits per heavy atom. The minimum atomic E-state index is -3.14. The van der Waals surface area contributed by atoms with Crippen LogP contribution in [0.4, 0.5) is 0 Å². The summed E-state index contributed by atoms with van der Waals surface area (Å²) in [4.78, 5) is 25.2. The highest BCUT2D eigenvalue weighted by atomic mass is 32.2. The van der Waals surface area contributed by atoms with Crippen LogP contribution in [0.25, 0.3) is 6.08 Å². The third-order valence-electron chi connectivity index (χ3n) is 4.24. The van der Waals surface area contributed by atoms with E-state index in [1.807, 2.05) is 0 Å². The Hall–Kier alpha value is -3.07. The topological polar surface area (TPSA) is 115 Å². The molecule has 148 valence electrons. The van der Waals surface area contributed by atoms with Crippen LogP contribution in [-0.2, 0) is 14.6 Å². The van der Waals surface area contributed by atoms with Gasteiger partial charge in [-0.2, -0.15) is 0 Å².